The van der Waals surface area contributed by atoms with Gasteiger partial charge in [-0.2, -0.15) is 8.75 Å². The SMILES string of the molecule is Nc1cccc(-c2cnc3[nH]cc(C(=O)c4ccc5nsnc5c4)c3c2)c1. The van der Waals surface area contributed by atoms with Crippen LogP contribution in [0.3, 0.4) is 0 Å². The van der Waals surface area contributed by atoms with Crippen LogP contribution < -0.4 is 5.73 Å². The van der Waals surface area contributed by atoms with Crippen LogP contribution in [-0.4, -0.2) is 24.5 Å². The van der Waals surface area contributed by atoms with Crippen LogP contribution >= 0.6 is 11.7 Å². The lowest BCUT2D eigenvalue weighted by Gasteiger charge is -2.04. The van der Waals surface area contributed by atoms with Crippen molar-refractivity contribution in [3.05, 3.63) is 72.1 Å². The number of ketones is 1. The summed E-state index contributed by atoms with van der Waals surface area (Å²) in [5, 5.41) is 0.774. The van der Waals surface area contributed by atoms with Crippen LogP contribution in [0.4, 0.5) is 5.69 Å². The first-order valence-corrected chi connectivity index (χ1v) is 9.02. The Balaban J connectivity index is 1.62. The molecular weight excluding hydrogens is 358 g/mol. The molecule has 3 N–H and O–H groups in total. The second-order valence-corrected chi connectivity index (χ2v) is 6.77. The number of pyridine rings is 1. The summed E-state index contributed by atoms with van der Waals surface area (Å²) in [5.74, 6) is -0.0809. The second-order valence-electron chi connectivity index (χ2n) is 6.24. The van der Waals surface area contributed by atoms with Crippen molar-refractivity contribution in [2.45, 2.75) is 0 Å². The van der Waals surface area contributed by atoms with Crippen LogP contribution in [0.15, 0.2) is 60.9 Å². The topological polar surface area (TPSA) is 97.5 Å². The monoisotopic (exact) mass is 371 g/mol. The Kier molecular flexibility index (Phi) is 3.48. The van der Waals surface area contributed by atoms with Gasteiger partial charge in [-0.1, -0.05) is 12.1 Å². The third-order valence-electron chi connectivity index (χ3n) is 4.51. The summed E-state index contributed by atoms with van der Waals surface area (Å²) in [6.45, 7) is 0. The molecular formula is C20H13N5OS. The largest absolute Gasteiger partial charge is 0.399 e. The number of carbonyl (C=O) groups excluding carboxylic acids is 1. The third-order valence-corrected chi connectivity index (χ3v) is 5.07. The lowest BCUT2D eigenvalue weighted by molar-refractivity contribution is 0.104. The average Bonchev–Trinajstić information content (AvgIpc) is 3.33. The van der Waals surface area contributed by atoms with E-state index in [0.717, 1.165) is 39.3 Å². The summed E-state index contributed by atoms with van der Waals surface area (Å²) >= 11 is 1.14. The highest BCUT2D eigenvalue weighted by molar-refractivity contribution is 7.00. The molecule has 3 heterocycles. The van der Waals surface area contributed by atoms with Crippen molar-refractivity contribution in [2.24, 2.45) is 0 Å². The third kappa shape index (κ3) is 2.65. The first-order chi connectivity index (χ1) is 13.2. The predicted octanol–water partition coefficient (Wildman–Crippen LogP) is 4.05. The smallest absolute Gasteiger partial charge is 0.195 e. The number of aromatic amines is 1. The quantitative estimate of drug-likeness (QED) is 0.368. The van der Waals surface area contributed by atoms with E-state index in [-0.39, 0.29) is 5.78 Å². The number of hydrogen-bond acceptors (Lipinski definition) is 6. The molecule has 0 saturated carbocycles. The lowest BCUT2D eigenvalue weighted by Crippen LogP contribution is -2.00. The van der Waals surface area contributed by atoms with Crippen LogP contribution in [0.25, 0.3) is 33.2 Å². The van der Waals surface area contributed by atoms with Crippen molar-refractivity contribution in [3.8, 4) is 11.1 Å². The van der Waals surface area contributed by atoms with Gasteiger partial charge in [-0.15, -0.1) is 0 Å². The molecule has 0 aliphatic carbocycles. The standard InChI is InChI=1S/C20H13N5OS/c21-14-3-1-2-11(6-14)13-7-15-16(10-23-20(15)22-9-13)19(26)12-4-5-17-18(8-12)25-27-24-17/h1-10H,21H2,(H,22,23). The fraction of sp³-hybridized carbons (Fsp3) is 0. The molecule has 0 unspecified atom stereocenters. The normalized spacial score (nSPS) is 11.3. The Hall–Kier alpha value is -3.58. The molecule has 27 heavy (non-hydrogen) atoms. The zero-order chi connectivity index (χ0) is 18.4. The van der Waals surface area contributed by atoms with E-state index >= 15 is 0 Å². The fourth-order valence-electron chi connectivity index (χ4n) is 3.15. The molecule has 6 nitrogen and oxygen atoms in total. The van der Waals surface area contributed by atoms with Gasteiger partial charge in [0.2, 0.25) is 0 Å². The molecule has 2 aromatic carbocycles. The second kappa shape index (κ2) is 6.00. The maximum Gasteiger partial charge on any atom is 0.195 e. The van der Waals surface area contributed by atoms with Crippen molar-refractivity contribution >= 4 is 45.3 Å². The van der Waals surface area contributed by atoms with Gasteiger partial charge >= 0.3 is 0 Å². The van der Waals surface area contributed by atoms with Crippen molar-refractivity contribution < 1.29 is 4.79 Å². The van der Waals surface area contributed by atoms with Crippen LogP contribution in [-0.2, 0) is 0 Å². The number of carbonyl (C=O) groups is 1. The minimum atomic E-state index is -0.0809. The minimum Gasteiger partial charge on any atom is -0.399 e. The van der Waals surface area contributed by atoms with Gasteiger partial charge in [-0.3, -0.25) is 4.79 Å². The maximum absolute atomic E-state index is 13.1. The van der Waals surface area contributed by atoms with Gasteiger partial charge in [0.15, 0.2) is 5.78 Å². The van der Waals surface area contributed by atoms with E-state index in [1.54, 1.807) is 24.5 Å². The number of nitrogens with one attached hydrogen (secondary N) is 1. The van der Waals surface area contributed by atoms with Gasteiger partial charge in [0.05, 0.1) is 11.7 Å². The number of H-pyrrole nitrogens is 1. The number of rotatable bonds is 3. The number of nitrogen functional groups attached to an aromatic ring is 1. The van der Waals surface area contributed by atoms with Crippen molar-refractivity contribution in [1.82, 2.24) is 18.7 Å². The predicted molar refractivity (Wildman–Crippen MR) is 107 cm³/mol. The number of nitrogens with zero attached hydrogens (tertiary/aromatic N) is 3. The van der Waals surface area contributed by atoms with Gasteiger partial charge in [0, 0.05) is 40.2 Å². The molecule has 0 saturated heterocycles. The molecule has 0 aliphatic heterocycles. The van der Waals surface area contributed by atoms with Gasteiger partial charge in [-0.25, -0.2) is 4.98 Å². The molecule has 0 atom stereocenters. The van der Waals surface area contributed by atoms with Gasteiger partial charge in [-0.05, 0) is 42.0 Å². The van der Waals surface area contributed by atoms with E-state index in [9.17, 15) is 4.79 Å². The summed E-state index contributed by atoms with van der Waals surface area (Å²) in [5.41, 5.74) is 11.8. The zero-order valence-corrected chi connectivity index (χ0v) is 14.8. The van der Waals surface area contributed by atoms with Crippen LogP contribution in [0, 0.1) is 0 Å². The van der Waals surface area contributed by atoms with Gasteiger partial charge in [0.25, 0.3) is 0 Å². The Bertz CT molecular complexity index is 1320. The molecule has 0 spiro atoms. The molecule has 0 bridgehead atoms. The van der Waals surface area contributed by atoms with Crippen LogP contribution in [0.5, 0.6) is 0 Å². The number of aromatic nitrogens is 4. The summed E-state index contributed by atoms with van der Waals surface area (Å²) in [7, 11) is 0. The number of hydrogen-bond donors (Lipinski definition) is 2. The molecule has 0 radical (unpaired) electrons. The molecule has 0 aliphatic rings. The maximum atomic E-state index is 13.1. The van der Waals surface area contributed by atoms with Crippen LogP contribution in [0.2, 0.25) is 0 Å². The van der Waals surface area contributed by atoms with Crippen molar-refractivity contribution in [3.63, 3.8) is 0 Å². The van der Waals surface area contributed by atoms with Crippen molar-refractivity contribution in [1.29, 1.82) is 0 Å². The first-order valence-electron chi connectivity index (χ1n) is 8.29. The Labute approximate surface area is 158 Å². The van der Waals surface area contributed by atoms with E-state index in [4.69, 9.17) is 5.73 Å². The molecule has 5 rings (SSSR count). The van der Waals surface area contributed by atoms with Crippen molar-refractivity contribution in [2.75, 3.05) is 5.73 Å². The fourth-order valence-corrected chi connectivity index (χ4v) is 3.66. The number of benzene rings is 2. The number of anilines is 1. The number of nitrogens with two attached hydrogens (primary N) is 1. The molecule has 130 valence electrons. The first kappa shape index (κ1) is 15.7. The van der Waals surface area contributed by atoms with Gasteiger partial charge in [0.1, 0.15) is 16.7 Å². The van der Waals surface area contributed by atoms with E-state index in [0.29, 0.717) is 22.5 Å². The molecule has 0 amide bonds. The Morgan fingerprint density at radius 1 is 1.00 bits per heavy atom. The summed E-state index contributed by atoms with van der Waals surface area (Å²) < 4.78 is 8.39. The molecule has 0 fully saturated rings. The summed E-state index contributed by atoms with van der Waals surface area (Å²) in [6.07, 6.45) is 3.47. The Morgan fingerprint density at radius 3 is 2.78 bits per heavy atom. The van der Waals surface area contributed by atoms with E-state index < -0.39 is 0 Å². The molecule has 5 aromatic rings. The highest BCUT2D eigenvalue weighted by Gasteiger charge is 2.16. The number of fused-ring (bicyclic) bond motifs is 2. The van der Waals surface area contributed by atoms with Gasteiger partial charge < -0.3 is 10.7 Å². The van der Waals surface area contributed by atoms with Crippen LogP contribution in [0.1, 0.15) is 15.9 Å². The van der Waals surface area contributed by atoms with E-state index in [1.165, 1.54) is 0 Å². The van der Waals surface area contributed by atoms with E-state index in [2.05, 4.69) is 18.7 Å². The lowest BCUT2D eigenvalue weighted by atomic mass is 10.0. The molecule has 3 aromatic heterocycles. The summed E-state index contributed by atoms with van der Waals surface area (Å²) in [6, 6.07) is 14.9. The minimum absolute atomic E-state index is 0.0809. The highest BCUT2D eigenvalue weighted by Crippen LogP contribution is 2.27. The summed E-state index contributed by atoms with van der Waals surface area (Å²) in [4.78, 5) is 20.6. The average molecular weight is 371 g/mol. The zero-order valence-electron chi connectivity index (χ0n) is 14.0. The van der Waals surface area contributed by atoms with E-state index in [1.807, 2.05) is 36.4 Å². The molecule has 7 heteroatoms. The Morgan fingerprint density at radius 2 is 1.89 bits per heavy atom. The highest BCUT2D eigenvalue weighted by atomic mass is 32.1.